The van der Waals surface area contributed by atoms with Crippen LogP contribution in [0.1, 0.15) is 41.5 Å². The largest absolute Gasteiger partial charge is 0.490 e. The van der Waals surface area contributed by atoms with Crippen molar-refractivity contribution in [3.63, 3.8) is 0 Å². The highest BCUT2D eigenvalue weighted by atomic mass is 16.6. The van der Waals surface area contributed by atoms with Crippen molar-refractivity contribution >= 4 is 29.3 Å². The molecule has 0 saturated carbocycles. The van der Waals surface area contributed by atoms with Crippen LogP contribution in [0.3, 0.4) is 0 Å². The highest BCUT2D eigenvalue weighted by molar-refractivity contribution is 5.93. The molecule has 0 bridgehead atoms. The molecule has 3 aromatic carbocycles. The van der Waals surface area contributed by atoms with Crippen LogP contribution in [0.5, 0.6) is 5.75 Å². The molecule has 1 aliphatic heterocycles. The van der Waals surface area contributed by atoms with Crippen molar-refractivity contribution in [2.45, 2.75) is 46.1 Å². The number of amides is 2. The SMILES string of the molecule is COC(=O)CCC(=O)Nc1cccc(Cn2cc(-c3cccc4c3CCCN4C(=O)OCCOc3cccc(C)c3C)cn2)c1. The van der Waals surface area contributed by atoms with Gasteiger partial charge in [0.25, 0.3) is 0 Å². The van der Waals surface area contributed by atoms with E-state index in [4.69, 9.17) is 9.47 Å². The normalized spacial score (nSPS) is 12.3. The van der Waals surface area contributed by atoms with Gasteiger partial charge >= 0.3 is 12.1 Å². The Labute approximate surface area is 262 Å². The Morgan fingerprint density at radius 3 is 2.64 bits per heavy atom. The summed E-state index contributed by atoms with van der Waals surface area (Å²) in [6, 6.07) is 19.4. The summed E-state index contributed by atoms with van der Waals surface area (Å²) < 4.78 is 17.9. The Bertz CT molecular complexity index is 1680. The first kappa shape index (κ1) is 31.3. The van der Waals surface area contributed by atoms with E-state index < -0.39 is 5.97 Å². The molecular weight excluding hydrogens is 572 g/mol. The van der Waals surface area contributed by atoms with Crippen molar-refractivity contribution in [1.29, 1.82) is 0 Å². The lowest BCUT2D eigenvalue weighted by Gasteiger charge is -2.30. The average Bonchev–Trinajstić information content (AvgIpc) is 3.51. The first-order chi connectivity index (χ1) is 21.8. The molecule has 0 radical (unpaired) electrons. The molecule has 1 aliphatic rings. The van der Waals surface area contributed by atoms with Crippen LogP contribution in [0.2, 0.25) is 0 Å². The minimum absolute atomic E-state index is 0.0312. The van der Waals surface area contributed by atoms with E-state index in [9.17, 15) is 14.4 Å². The van der Waals surface area contributed by atoms with Crippen LogP contribution < -0.4 is 15.0 Å². The van der Waals surface area contributed by atoms with E-state index in [2.05, 4.69) is 21.2 Å². The van der Waals surface area contributed by atoms with Crippen LogP contribution >= 0.6 is 0 Å². The number of ether oxygens (including phenoxy) is 3. The molecule has 10 heteroatoms. The molecule has 0 atom stereocenters. The highest BCUT2D eigenvalue weighted by Gasteiger charge is 2.26. The molecule has 1 N–H and O–H groups in total. The van der Waals surface area contributed by atoms with Crippen LogP contribution in [0, 0.1) is 13.8 Å². The zero-order valence-corrected chi connectivity index (χ0v) is 25.9. The number of hydrogen-bond acceptors (Lipinski definition) is 7. The number of carbonyl (C=O) groups is 3. The van der Waals surface area contributed by atoms with Crippen LogP contribution in [0.15, 0.2) is 73.1 Å². The number of anilines is 2. The van der Waals surface area contributed by atoms with Crippen LogP contribution in [-0.2, 0) is 32.0 Å². The standard InChI is InChI=1S/C35H38N4O6/c1-24-8-4-14-32(25(24)2)44-18-19-45-35(42)39-17-7-12-30-29(11-6-13-31(30)39)27-21-36-38(23-27)22-26-9-5-10-28(20-26)37-33(40)15-16-34(41)43-3/h4-6,8-11,13-14,20-21,23H,7,12,15-19,22H2,1-3H3,(H,37,40). The molecule has 5 rings (SSSR count). The number of methoxy groups -OCH3 is 1. The third-order valence-corrected chi connectivity index (χ3v) is 7.88. The molecule has 4 aromatic rings. The van der Waals surface area contributed by atoms with Crippen LogP contribution in [-0.4, -0.2) is 54.6 Å². The van der Waals surface area contributed by atoms with Crippen LogP contribution in [0.4, 0.5) is 16.2 Å². The number of aromatic nitrogens is 2. The maximum Gasteiger partial charge on any atom is 0.414 e. The fourth-order valence-electron chi connectivity index (χ4n) is 5.39. The maximum atomic E-state index is 13.1. The van der Waals surface area contributed by atoms with Gasteiger partial charge in [-0.2, -0.15) is 5.10 Å². The summed E-state index contributed by atoms with van der Waals surface area (Å²) in [6.45, 7) is 5.57. The molecule has 234 valence electrons. The third-order valence-electron chi connectivity index (χ3n) is 7.88. The third kappa shape index (κ3) is 7.89. The van der Waals surface area contributed by atoms with Gasteiger partial charge in [-0.1, -0.05) is 36.4 Å². The van der Waals surface area contributed by atoms with Crippen molar-refractivity contribution in [2.75, 3.05) is 37.1 Å². The second-order valence-corrected chi connectivity index (χ2v) is 11.0. The quantitative estimate of drug-likeness (QED) is 0.162. The van der Waals surface area contributed by atoms with E-state index in [0.29, 0.717) is 18.8 Å². The molecule has 10 nitrogen and oxygen atoms in total. The summed E-state index contributed by atoms with van der Waals surface area (Å²) in [5.74, 6) is 0.123. The number of rotatable bonds is 11. The van der Waals surface area contributed by atoms with Gasteiger partial charge in [-0.05, 0) is 78.8 Å². The molecule has 0 spiro atoms. The number of benzene rings is 3. The number of nitrogens with one attached hydrogen (secondary N) is 1. The highest BCUT2D eigenvalue weighted by Crippen LogP contribution is 2.35. The average molecular weight is 611 g/mol. The number of fused-ring (bicyclic) bond motifs is 1. The van der Waals surface area contributed by atoms with Gasteiger partial charge in [0.2, 0.25) is 5.91 Å². The number of aryl methyl sites for hydroxylation is 1. The van der Waals surface area contributed by atoms with Gasteiger partial charge in [-0.25, -0.2) is 4.79 Å². The number of carbonyl (C=O) groups excluding carboxylic acids is 3. The molecule has 0 aliphatic carbocycles. The predicted molar refractivity (Wildman–Crippen MR) is 172 cm³/mol. The first-order valence-corrected chi connectivity index (χ1v) is 15.1. The monoisotopic (exact) mass is 610 g/mol. The van der Waals surface area contributed by atoms with Crippen LogP contribution in [0.25, 0.3) is 11.1 Å². The molecular formula is C35H38N4O6. The molecule has 1 aromatic heterocycles. The van der Waals surface area contributed by atoms with Gasteiger partial charge in [-0.3, -0.25) is 19.2 Å². The molecule has 45 heavy (non-hydrogen) atoms. The summed E-state index contributed by atoms with van der Waals surface area (Å²) in [5, 5.41) is 7.41. The summed E-state index contributed by atoms with van der Waals surface area (Å²) in [6.07, 6.45) is 5.18. The molecule has 0 fully saturated rings. The Morgan fingerprint density at radius 1 is 0.978 bits per heavy atom. The van der Waals surface area contributed by atoms with Gasteiger partial charge in [0.15, 0.2) is 0 Å². The Balaban J connectivity index is 1.21. The minimum Gasteiger partial charge on any atom is -0.490 e. The van der Waals surface area contributed by atoms with Gasteiger partial charge in [0.1, 0.15) is 19.0 Å². The smallest absolute Gasteiger partial charge is 0.414 e. The maximum absolute atomic E-state index is 13.1. The number of hydrogen-bond donors (Lipinski definition) is 1. The summed E-state index contributed by atoms with van der Waals surface area (Å²) in [4.78, 5) is 38.3. The summed E-state index contributed by atoms with van der Waals surface area (Å²) in [5.41, 5.74) is 7.76. The second kappa shape index (κ2) is 14.6. The van der Waals surface area contributed by atoms with E-state index in [0.717, 1.165) is 57.7 Å². The minimum atomic E-state index is -0.421. The predicted octanol–water partition coefficient (Wildman–Crippen LogP) is 6.08. The van der Waals surface area contributed by atoms with Gasteiger partial charge in [0, 0.05) is 30.4 Å². The van der Waals surface area contributed by atoms with Gasteiger partial charge < -0.3 is 19.5 Å². The van der Waals surface area contributed by atoms with Gasteiger partial charge in [-0.15, -0.1) is 0 Å². The lowest BCUT2D eigenvalue weighted by Crippen LogP contribution is -2.36. The Morgan fingerprint density at radius 2 is 1.80 bits per heavy atom. The lowest BCUT2D eigenvalue weighted by molar-refractivity contribution is -0.141. The topological polar surface area (TPSA) is 112 Å². The number of nitrogens with zero attached hydrogens (tertiary/aromatic N) is 3. The van der Waals surface area contributed by atoms with E-state index in [-0.39, 0.29) is 38.1 Å². The zero-order valence-electron chi connectivity index (χ0n) is 25.9. The lowest BCUT2D eigenvalue weighted by atomic mass is 9.93. The molecule has 0 saturated heterocycles. The number of esters is 1. The Hall–Kier alpha value is -5.12. The second-order valence-electron chi connectivity index (χ2n) is 11.0. The van der Waals surface area contributed by atoms with E-state index in [1.165, 1.54) is 7.11 Å². The first-order valence-electron chi connectivity index (χ1n) is 15.1. The molecule has 2 heterocycles. The summed E-state index contributed by atoms with van der Waals surface area (Å²) >= 11 is 0. The molecule has 2 amide bonds. The van der Waals surface area contributed by atoms with Crippen molar-refractivity contribution in [2.24, 2.45) is 0 Å². The van der Waals surface area contributed by atoms with Crippen molar-refractivity contribution in [3.8, 4) is 16.9 Å². The fraction of sp³-hybridized carbons (Fsp3) is 0.314. The van der Waals surface area contributed by atoms with E-state index in [1.54, 1.807) is 11.0 Å². The molecule has 0 unspecified atom stereocenters. The van der Waals surface area contributed by atoms with E-state index in [1.807, 2.05) is 79.5 Å². The van der Waals surface area contributed by atoms with Crippen molar-refractivity contribution < 1.29 is 28.6 Å². The summed E-state index contributed by atoms with van der Waals surface area (Å²) in [7, 11) is 1.30. The fourth-order valence-corrected chi connectivity index (χ4v) is 5.39. The van der Waals surface area contributed by atoms with Gasteiger partial charge in [0.05, 0.1) is 32.0 Å². The Kier molecular flexibility index (Phi) is 10.1. The van der Waals surface area contributed by atoms with E-state index >= 15 is 0 Å². The van der Waals surface area contributed by atoms with Crippen molar-refractivity contribution in [3.05, 3.63) is 95.3 Å². The zero-order chi connectivity index (χ0) is 31.8. The van der Waals surface area contributed by atoms with Crippen molar-refractivity contribution in [1.82, 2.24) is 9.78 Å².